The van der Waals surface area contributed by atoms with E-state index in [0.717, 1.165) is 18.2 Å². The van der Waals surface area contributed by atoms with Crippen molar-refractivity contribution in [2.75, 3.05) is 31.4 Å². The number of aromatic hydroxyl groups is 1. The van der Waals surface area contributed by atoms with Gasteiger partial charge in [0.05, 0.1) is 37.4 Å². The number of nitrogens with zero attached hydrogens (tertiary/aromatic N) is 2. The normalized spacial score (nSPS) is 12.6. The smallest absolute Gasteiger partial charge is 0.397 e. The molecule has 0 bridgehead atoms. The van der Waals surface area contributed by atoms with Gasteiger partial charge in [-0.25, -0.2) is 12.6 Å². The third-order valence-corrected chi connectivity index (χ3v) is 8.31. The molecular formula is C22H23N3O13S3. The number of rotatable bonds is 12. The fraction of sp³-hybridized carbons (Fsp3) is 0.227. The number of aliphatic hydroxyl groups is 1. The Balaban J connectivity index is 2.10. The predicted octanol–water partition coefficient (Wildman–Crippen LogP) is 2.13. The van der Waals surface area contributed by atoms with Crippen LogP contribution in [0.1, 0.15) is 6.42 Å². The first-order chi connectivity index (χ1) is 19.1. The van der Waals surface area contributed by atoms with E-state index in [0.29, 0.717) is 0 Å². The second kappa shape index (κ2) is 12.4. The minimum absolute atomic E-state index is 0.00437. The van der Waals surface area contributed by atoms with Crippen LogP contribution in [-0.4, -0.2) is 76.6 Å². The zero-order valence-electron chi connectivity index (χ0n) is 21.0. The summed E-state index contributed by atoms with van der Waals surface area (Å²) in [4.78, 5) is 10.6. The Kier molecular flexibility index (Phi) is 9.64. The van der Waals surface area contributed by atoms with Crippen molar-refractivity contribution in [2.24, 2.45) is 10.2 Å². The number of hydrogen-bond acceptors (Lipinski definition) is 13. The molecular weight excluding hydrogens is 610 g/mol. The number of sulfone groups is 1. The van der Waals surface area contributed by atoms with Gasteiger partial charge in [0.2, 0.25) is 5.91 Å². The van der Waals surface area contributed by atoms with Crippen LogP contribution in [0.4, 0.5) is 17.1 Å². The summed E-state index contributed by atoms with van der Waals surface area (Å²) < 4.78 is 98.4. The summed E-state index contributed by atoms with van der Waals surface area (Å²) in [5.74, 6) is -2.19. The third kappa shape index (κ3) is 8.16. The van der Waals surface area contributed by atoms with Gasteiger partial charge in [-0.05, 0) is 41.8 Å². The van der Waals surface area contributed by atoms with E-state index in [4.69, 9.17) is 14.4 Å². The molecule has 3 rings (SSSR count). The van der Waals surface area contributed by atoms with Gasteiger partial charge in [0.25, 0.3) is 10.1 Å². The number of nitrogens with one attached hydrogen (secondary N) is 1. The summed E-state index contributed by atoms with van der Waals surface area (Å²) in [7, 11) is -12.8. The van der Waals surface area contributed by atoms with Crippen molar-refractivity contribution in [1.29, 1.82) is 0 Å². The number of carbonyl (C=O) groups excluding carboxylic acids is 1. The largest absolute Gasteiger partial charge is 0.505 e. The van der Waals surface area contributed by atoms with Crippen LogP contribution in [0.25, 0.3) is 10.8 Å². The summed E-state index contributed by atoms with van der Waals surface area (Å²) in [6, 6.07) is 8.26. The molecule has 0 aromatic heterocycles. The minimum atomic E-state index is -4.98. The Labute approximate surface area is 233 Å². The Morgan fingerprint density at radius 2 is 1.68 bits per heavy atom. The van der Waals surface area contributed by atoms with E-state index >= 15 is 0 Å². The van der Waals surface area contributed by atoms with Gasteiger partial charge in [-0.15, -0.1) is 10.2 Å². The van der Waals surface area contributed by atoms with E-state index in [-0.39, 0.29) is 34.3 Å². The molecule has 41 heavy (non-hydrogen) atoms. The maximum absolute atomic E-state index is 12.6. The summed E-state index contributed by atoms with van der Waals surface area (Å²) in [6.45, 7) is -1.30. The maximum atomic E-state index is 12.6. The molecule has 1 amide bonds. The van der Waals surface area contributed by atoms with Crippen LogP contribution in [-0.2, 0) is 39.3 Å². The van der Waals surface area contributed by atoms with Gasteiger partial charge in [0.1, 0.15) is 22.0 Å². The number of carbonyl (C=O) groups is 1. The van der Waals surface area contributed by atoms with Crippen molar-refractivity contribution in [3.63, 3.8) is 0 Å². The molecule has 3 aromatic rings. The number of amides is 1. The summed E-state index contributed by atoms with van der Waals surface area (Å²) in [5, 5.41) is 30.0. The molecule has 0 unspecified atom stereocenters. The second-order valence-electron chi connectivity index (χ2n) is 8.11. The van der Waals surface area contributed by atoms with Crippen LogP contribution in [0.2, 0.25) is 0 Å². The molecule has 0 aliphatic rings. The van der Waals surface area contributed by atoms with Crippen molar-refractivity contribution in [2.45, 2.75) is 16.2 Å². The fourth-order valence-electron chi connectivity index (χ4n) is 3.45. The van der Waals surface area contributed by atoms with Gasteiger partial charge in [-0.1, -0.05) is 6.07 Å². The number of fused-ring (bicyclic) bond motifs is 1. The van der Waals surface area contributed by atoms with Crippen LogP contribution in [0, 0.1) is 0 Å². The molecule has 0 fully saturated rings. The number of aliphatic hydroxyl groups excluding tert-OH is 1. The number of azo groups is 1. The topological polar surface area (TPSA) is 256 Å². The van der Waals surface area contributed by atoms with Gasteiger partial charge in [0, 0.05) is 11.1 Å². The molecule has 5 N–H and O–H groups in total. The molecule has 0 aliphatic carbocycles. The molecule has 0 atom stereocenters. The first kappa shape index (κ1) is 31.8. The first-order valence-corrected chi connectivity index (χ1v) is 15.6. The van der Waals surface area contributed by atoms with Gasteiger partial charge in [-0.2, -0.15) is 16.8 Å². The first-order valence-electron chi connectivity index (χ1n) is 11.2. The van der Waals surface area contributed by atoms with E-state index < -0.39 is 76.5 Å². The van der Waals surface area contributed by atoms with E-state index in [1.54, 1.807) is 0 Å². The van der Waals surface area contributed by atoms with E-state index in [1.165, 1.54) is 31.4 Å². The molecule has 3 aromatic carbocycles. The number of methoxy groups -OCH3 is 1. The molecule has 0 spiro atoms. The summed E-state index contributed by atoms with van der Waals surface area (Å²) in [6.07, 6.45) is -0.199. The molecule has 0 saturated heterocycles. The molecule has 0 radical (unpaired) electrons. The monoisotopic (exact) mass is 633 g/mol. The number of ether oxygens (including phenoxy) is 1. The van der Waals surface area contributed by atoms with E-state index in [1.807, 2.05) is 0 Å². The average Bonchev–Trinajstić information content (AvgIpc) is 2.86. The number of hydrogen-bond donors (Lipinski definition) is 5. The zero-order valence-corrected chi connectivity index (χ0v) is 23.4. The highest BCUT2D eigenvalue weighted by atomic mass is 32.3. The van der Waals surface area contributed by atoms with Gasteiger partial charge >= 0.3 is 10.4 Å². The lowest BCUT2D eigenvalue weighted by molar-refractivity contribution is -0.116. The Morgan fingerprint density at radius 1 is 0.976 bits per heavy atom. The highest BCUT2D eigenvalue weighted by Gasteiger charge is 2.23. The van der Waals surface area contributed by atoms with Crippen LogP contribution in [0.3, 0.4) is 0 Å². The number of phenols is 1. The lowest BCUT2D eigenvalue weighted by Crippen LogP contribution is -2.15. The SMILES string of the molecule is COc1ccc(S(=O)(=O)CCOS(=O)(=O)O)cc1/N=N/c1c(S(=O)(=O)O)cc2ccc(NC(=O)CCO)cc2c1O. The lowest BCUT2D eigenvalue weighted by atomic mass is 10.1. The van der Waals surface area contributed by atoms with Gasteiger partial charge in [-0.3, -0.25) is 13.9 Å². The Morgan fingerprint density at radius 3 is 2.29 bits per heavy atom. The molecule has 0 heterocycles. The molecule has 222 valence electrons. The predicted molar refractivity (Wildman–Crippen MR) is 142 cm³/mol. The van der Waals surface area contributed by atoms with Crippen molar-refractivity contribution in [3.05, 3.63) is 42.5 Å². The van der Waals surface area contributed by atoms with Crippen LogP contribution in [0.5, 0.6) is 11.5 Å². The van der Waals surface area contributed by atoms with Gasteiger partial charge in [0.15, 0.2) is 15.6 Å². The molecule has 19 heteroatoms. The standard InChI is InChI=1S/C22H23N3O13S3/c1-37-18-5-4-15(39(29,30)9-8-38-41(34,35)36)12-17(18)24-25-21-19(40(31,32)33)10-13-2-3-14(11-16(13)22(21)28)23-20(27)6-7-26/h2-5,10-12,26,28H,6-9H2,1H3,(H,23,27)(H,31,32,33)(H,34,35,36)/b25-24+. The third-order valence-electron chi connectivity index (χ3n) is 5.30. The highest BCUT2D eigenvalue weighted by molar-refractivity contribution is 7.91. The quantitative estimate of drug-likeness (QED) is 0.142. The van der Waals surface area contributed by atoms with Crippen molar-refractivity contribution in [1.82, 2.24) is 0 Å². The van der Waals surface area contributed by atoms with Crippen LogP contribution in [0.15, 0.2) is 62.5 Å². The second-order valence-corrected chi connectivity index (χ2v) is 12.7. The highest BCUT2D eigenvalue weighted by Crippen LogP contribution is 2.43. The summed E-state index contributed by atoms with van der Waals surface area (Å²) >= 11 is 0. The average molecular weight is 634 g/mol. The molecule has 0 saturated carbocycles. The molecule has 0 aliphatic heterocycles. The number of phenolic OH excluding ortho intramolecular Hbond substituents is 1. The van der Waals surface area contributed by atoms with Crippen molar-refractivity contribution < 1.29 is 58.3 Å². The van der Waals surface area contributed by atoms with E-state index in [2.05, 4.69) is 19.7 Å². The zero-order chi connectivity index (χ0) is 30.6. The number of benzene rings is 3. The van der Waals surface area contributed by atoms with E-state index in [9.17, 15) is 39.7 Å². The minimum Gasteiger partial charge on any atom is -0.505 e. The van der Waals surface area contributed by atoms with Crippen LogP contribution >= 0.6 is 0 Å². The number of anilines is 1. The van der Waals surface area contributed by atoms with Crippen molar-refractivity contribution >= 4 is 64.1 Å². The Bertz CT molecular complexity index is 1840. The molecule has 16 nitrogen and oxygen atoms in total. The Hall–Kier alpha value is -3.72. The van der Waals surface area contributed by atoms with Crippen LogP contribution < -0.4 is 10.1 Å². The summed E-state index contributed by atoms with van der Waals surface area (Å²) in [5.41, 5.74) is -0.808. The van der Waals surface area contributed by atoms with Gasteiger partial charge < -0.3 is 20.3 Å². The maximum Gasteiger partial charge on any atom is 0.397 e. The fourth-order valence-corrected chi connectivity index (χ4v) is 5.61. The lowest BCUT2D eigenvalue weighted by Gasteiger charge is -2.11. The van der Waals surface area contributed by atoms with Crippen molar-refractivity contribution in [3.8, 4) is 11.5 Å².